The highest BCUT2D eigenvalue weighted by molar-refractivity contribution is 5.95. The minimum atomic E-state index is -0.414. The zero-order valence-electron chi connectivity index (χ0n) is 12.3. The molecule has 5 nitrogen and oxygen atoms in total. The van der Waals surface area contributed by atoms with E-state index in [9.17, 15) is 4.79 Å². The van der Waals surface area contributed by atoms with Crippen LogP contribution in [0, 0.1) is 0 Å². The van der Waals surface area contributed by atoms with Crippen LogP contribution in [-0.2, 0) is 15.9 Å². The van der Waals surface area contributed by atoms with Gasteiger partial charge in [0.1, 0.15) is 0 Å². The van der Waals surface area contributed by atoms with Crippen LogP contribution in [0.4, 0.5) is 5.69 Å². The molecule has 110 valence electrons. The van der Waals surface area contributed by atoms with Gasteiger partial charge in [-0.1, -0.05) is 0 Å². The number of nitrogens with one attached hydrogen (secondary N) is 1. The highest BCUT2D eigenvalue weighted by Crippen LogP contribution is 2.26. The predicted molar refractivity (Wildman–Crippen MR) is 78.2 cm³/mol. The van der Waals surface area contributed by atoms with Crippen molar-refractivity contribution in [2.24, 2.45) is 0 Å². The van der Waals surface area contributed by atoms with Gasteiger partial charge in [-0.2, -0.15) is 0 Å². The SMILES string of the molecule is COC(CNC(=O)c1ccc2c(c1)CCCN2C)OC. The van der Waals surface area contributed by atoms with E-state index in [-0.39, 0.29) is 5.91 Å². The largest absolute Gasteiger partial charge is 0.374 e. The Morgan fingerprint density at radius 1 is 1.40 bits per heavy atom. The van der Waals surface area contributed by atoms with Crippen molar-refractivity contribution < 1.29 is 14.3 Å². The van der Waals surface area contributed by atoms with E-state index in [1.807, 2.05) is 18.2 Å². The van der Waals surface area contributed by atoms with E-state index in [0.717, 1.165) is 19.4 Å². The zero-order valence-corrected chi connectivity index (χ0v) is 12.3. The molecule has 0 radical (unpaired) electrons. The lowest BCUT2D eigenvalue weighted by Gasteiger charge is -2.27. The number of aryl methyl sites for hydroxylation is 1. The van der Waals surface area contributed by atoms with Crippen LogP contribution in [0.2, 0.25) is 0 Å². The number of benzene rings is 1. The van der Waals surface area contributed by atoms with Gasteiger partial charge < -0.3 is 19.7 Å². The van der Waals surface area contributed by atoms with Crippen LogP contribution in [0.25, 0.3) is 0 Å². The Morgan fingerprint density at radius 2 is 2.15 bits per heavy atom. The lowest BCUT2D eigenvalue weighted by molar-refractivity contribution is -0.0974. The summed E-state index contributed by atoms with van der Waals surface area (Å²) in [4.78, 5) is 14.3. The Bertz CT molecular complexity index is 472. The molecule has 0 aromatic heterocycles. The van der Waals surface area contributed by atoms with Gasteiger partial charge in [-0.3, -0.25) is 4.79 Å². The van der Waals surface area contributed by atoms with Crippen molar-refractivity contribution in [1.82, 2.24) is 5.32 Å². The molecule has 0 spiro atoms. The van der Waals surface area contributed by atoms with Crippen molar-refractivity contribution in [3.8, 4) is 0 Å². The number of methoxy groups -OCH3 is 2. The molecule has 1 aromatic rings. The van der Waals surface area contributed by atoms with Gasteiger partial charge in [0, 0.05) is 39.1 Å². The van der Waals surface area contributed by atoms with Gasteiger partial charge in [-0.05, 0) is 36.6 Å². The number of nitrogens with zero attached hydrogens (tertiary/aromatic N) is 1. The number of carbonyl (C=O) groups excluding carboxylic acids is 1. The van der Waals surface area contributed by atoms with Crippen molar-refractivity contribution in [3.05, 3.63) is 29.3 Å². The normalized spacial score (nSPS) is 14.3. The summed E-state index contributed by atoms with van der Waals surface area (Å²) in [7, 11) is 5.18. The van der Waals surface area contributed by atoms with E-state index >= 15 is 0 Å². The number of rotatable bonds is 5. The topological polar surface area (TPSA) is 50.8 Å². The molecule has 1 amide bonds. The minimum absolute atomic E-state index is 0.0971. The van der Waals surface area contributed by atoms with Crippen LogP contribution in [0.1, 0.15) is 22.3 Å². The molecule has 0 atom stereocenters. The monoisotopic (exact) mass is 278 g/mol. The molecular formula is C15H22N2O3. The molecule has 1 N–H and O–H groups in total. The number of anilines is 1. The first-order valence-corrected chi connectivity index (χ1v) is 6.83. The number of fused-ring (bicyclic) bond motifs is 1. The highest BCUT2D eigenvalue weighted by Gasteiger charge is 2.16. The first-order valence-electron chi connectivity index (χ1n) is 6.83. The second-order valence-electron chi connectivity index (χ2n) is 4.98. The summed E-state index contributed by atoms with van der Waals surface area (Å²) in [6, 6.07) is 5.87. The van der Waals surface area contributed by atoms with Crippen LogP contribution < -0.4 is 10.2 Å². The van der Waals surface area contributed by atoms with E-state index in [1.54, 1.807) is 14.2 Å². The van der Waals surface area contributed by atoms with Crippen molar-refractivity contribution in [2.45, 2.75) is 19.1 Å². The fourth-order valence-corrected chi connectivity index (χ4v) is 2.47. The van der Waals surface area contributed by atoms with E-state index in [2.05, 4.69) is 17.3 Å². The van der Waals surface area contributed by atoms with Crippen molar-refractivity contribution in [3.63, 3.8) is 0 Å². The van der Waals surface area contributed by atoms with E-state index in [0.29, 0.717) is 12.1 Å². The molecule has 1 aromatic carbocycles. The third-order valence-corrected chi connectivity index (χ3v) is 3.65. The summed E-state index contributed by atoms with van der Waals surface area (Å²) in [6.07, 6.45) is 1.74. The second kappa shape index (κ2) is 6.72. The lowest BCUT2D eigenvalue weighted by atomic mass is 9.99. The number of ether oxygens (including phenoxy) is 2. The Kier molecular flexibility index (Phi) is 4.98. The molecule has 0 unspecified atom stereocenters. The van der Waals surface area contributed by atoms with Gasteiger partial charge in [0.2, 0.25) is 0 Å². The summed E-state index contributed by atoms with van der Waals surface area (Å²) < 4.78 is 10.1. The van der Waals surface area contributed by atoms with Gasteiger partial charge in [0.15, 0.2) is 6.29 Å². The Hall–Kier alpha value is -1.59. The summed E-state index contributed by atoms with van der Waals surface area (Å²) in [5.74, 6) is -0.0971. The van der Waals surface area contributed by atoms with Gasteiger partial charge in [0.25, 0.3) is 5.91 Å². The third-order valence-electron chi connectivity index (χ3n) is 3.65. The summed E-state index contributed by atoms with van der Waals surface area (Å²) in [5.41, 5.74) is 3.14. The summed E-state index contributed by atoms with van der Waals surface area (Å²) in [6.45, 7) is 1.41. The van der Waals surface area contributed by atoms with E-state index in [4.69, 9.17) is 9.47 Å². The molecule has 1 aliphatic rings. The molecule has 2 rings (SSSR count). The standard InChI is InChI=1S/C15H22N2O3/c1-17-8-4-5-11-9-12(6-7-13(11)17)15(18)16-10-14(19-2)20-3/h6-7,9,14H,4-5,8,10H2,1-3H3,(H,16,18). The van der Waals surface area contributed by atoms with Gasteiger partial charge >= 0.3 is 0 Å². The maximum absolute atomic E-state index is 12.1. The van der Waals surface area contributed by atoms with Crippen LogP contribution in [0.5, 0.6) is 0 Å². The molecule has 5 heteroatoms. The van der Waals surface area contributed by atoms with Crippen LogP contribution in [0.3, 0.4) is 0 Å². The molecule has 0 saturated heterocycles. The Balaban J connectivity index is 2.04. The number of hydrogen-bond donors (Lipinski definition) is 1. The van der Waals surface area contributed by atoms with E-state index < -0.39 is 6.29 Å². The maximum Gasteiger partial charge on any atom is 0.251 e. The van der Waals surface area contributed by atoms with Gasteiger partial charge in [0.05, 0.1) is 6.54 Å². The molecular weight excluding hydrogens is 256 g/mol. The molecule has 0 bridgehead atoms. The molecule has 20 heavy (non-hydrogen) atoms. The molecule has 1 aliphatic heterocycles. The second-order valence-corrected chi connectivity index (χ2v) is 4.98. The molecule has 1 heterocycles. The summed E-state index contributed by atoms with van der Waals surface area (Å²) >= 11 is 0. The first-order chi connectivity index (χ1) is 9.65. The zero-order chi connectivity index (χ0) is 14.5. The van der Waals surface area contributed by atoms with E-state index in [1.165, 1.54) is 11.3 Å². The predicted octanol–water partition coefficient (Wildman–Crippen LogP) is 1.42. The first kappa shape index (κ1) is 14.8. The highest BCUT2D eigenvalue weighted by atomic mass is 16.7. The Morgan fingerprint density at radius 3 is 2.85 bits per heavy atom. The fraction of sp³-hybridized carbons (Fsp3) is 0.533. The number of amides is 1. The van der Waals surface area contributed by atoms with Gasteiger partial charge in [-0.15, -0.1) is 0 Å². The average molecular weight is 278 g/mol. The van der Waals surface area contributed by atoms with Crippen molar-refractivity contribution in [1.29, 1.82) is 0 Å². The van der Waals surface area contributed by atoms with Crippen molar-refractivity contribution >= 4 is 11.6 Å². The quantitative estimate of drug-likeness (QED) is 0.828. The molecule has 0 saturated carbocycles. The summed E-state index contributed by atoms with van der Waals surface area (Å²) in [5, 5.41) is 2.82. The van der Waals surface area contributed by atoms with Crippen LogP contribution in [0.15, 0.2) is 18.2 Å². The average Bonchev–Trinajstić information content (AvgIpc) is 2.48. The van der Waals surface area contributed by atoms with Gasteiger partial charge in [-0.25, -0.2) is 0 Å². The lowest BCUT2D eigenvalue weighted by Crippen LogP contribution is -2.34. The molecule has 0 fully saturated rings. The van der Waals surface area contributed by atoms with Crippen LogP contribution >= 0.6 is 0 Å². The fourth-order valence-electron chi connectivity index (χ4n) is 2.47. The molecule has 0 aliphatic carbocycles. The van der Waals surface area contributed by atoms with Crippen molar-refractivity contribution in [2.75, 3.05) is 39.3 Å². The number of hydrogen-bond acceptors (Lipinski definition) is 4. The minimum Gasteiger partial charge on any atom is -0.374 e. The number of carbonyl (C=O) groups is 1. The van der Waals surface area contributed by atoms with Crippen LogP contribution in [-0.4, -0.2) is 46.6 Å². The smallest absolute Gasteiger partial charge is 0.251 e. The maximum atomic E-state index is 12.1. The Labute approximate surface area is 119 Å². The third kappa shape index (κ3) is 3.29.